The first-order valence-electron chi connectivity index (χ1n) is 6.71. The van der Waals surface area contributed by atoms with E-state index in [1.54, 1.807) is 0 Å². The van der Waals surface area contributed by atoms with E-state index in [2.05, 4.69) is 47.1 Å². The van der Waals surface area contributed by atoms with E-state index in [1.165, 1.54) is 11.1 Å². The molecule has 1 aromatic carbocycles. The zero-order valence-corrected chi connectivity index (χ0v) is 11.4. The monoisotopic (exact) mass is 254 g/mol. The molecule has 0 atom stereocenters. The molecule has 0 unspecified atom stereocenters. The first-order valence-corrected chi connectivity index (χ1v) is 6.71. The van der Waals surface area contributed by atoms with E-state index in [0.29, 0.717) is 0 Å². The molecule has 98 valence electrons. The summed E-state index contributed by atoms with van der Waals surface area (Å²) < 4.78 is 5.71. The maximum Gasteiger partial charge on any atom is 0.171 e. The average molecular weight is 254 g/mol. The summed E-state index contributed by atoms with van der Waals surface area (Å²) in [6, 6.07) is 10.7. The van der Waals surface area contributed by atoms with Crippen molar-refractivity contribution in [2.75, 3.05) is 25.1 Å². The fraction of sp³-hybridized carbons (Fsp3) is 0.312. The van der Waals surface area contributed by atoms with Crippen molar-refractivity contribution in [3.8, 4) is 16.9 Å². The van der Waals surface area contributed by atoms with Gasteiger partial charge in [-0.3, -0.25) is 0 Å². The molecule has 1 aliphatic rings. The average Bonchev–Trinajstić information content (AvgIpc) is 2.47. The normalized spacial score (nSPS) is 13.9. The van der Waals surface area contributed by atoms with Crippen LogP contribution in [0.3, 0.4) is 0 Å². The lowest BCUT2D eigenvalue weighted by Gasteiger charge is -2.26. The Morgan fingerprint density at radius 3 is 3.00 bits per heavy atom. The van der Waals surface area contributed by atoms with Crippen molar-refractivity contribution in [1.29, 1.82) is 0 Å². The van der Waals surface area contributed by atoms with Gasteiger partial charge in [0, 0.05) is 18.8 Å². The van der Waals surface area contributed by atoms with Crippen molar-refractivity contribution >= 4 is 5.82 Å². The van der Waals surface area contributed by atoms with Gasteiger partial charge in [0.2, 0.25) is 0 Å². The van der Waals surface area contributed by atoms with E-state index in [1.807, 2.05) is 13.2 Å². The second-order valence-electron chi connectivity index (χ2n) is 4.87. The summed E-state index contributed by atoms with van der Waals surface area (Å²) >= 11 is 0. The molecule has 1 aliphatic heterocycles. The fourth-order valence-electron chi connectivity index (χ4n) is 2.36. The number of benzene rings is 1. The maximum absolute atomic E-state index is 5.71. The van der Waals surface area contributed by atoms with Crippen LogP contribution in [0.4, 0.5) is 5.82 Å². The fourth-order valence-corrected chi connectivity index (χ4v) is 2.36. The molecule has 0 amide bonds. The predicted octanol–water partition coefficient (Wildman–Crippen LogP) is 3.14. The van der Waals surface area contributed by atoms with Crippen LogP contribution in [0.2, 0.25) is 0 Å². The highest BCUT2D eigenvalue weighted by atomic mass is 16.5. The van der Waals surface area contributed by atoms with Crippen LogP contribution in [-0.2, 0) is 6.42 Å². The van der Waals surface area contributed by atoms with Crippen molar-refractivity contribution in [1.82, 2.24) is 4.98 Å². The molecule has 3 rings (SSSR count). The highest BCUT2D eigenvalue weighted by molar-refractivity contribution is 5.69. The van der Waals surface area contributed by atoms with E-state index in [9.17, 15) is 0 Å². The second-order valence-corrected chi connectivity index (χ2v) is 4.87. The minimum atomic E-state index is 0.726. The number of rotatable bonds is 2. The molecule has 2 aromatic rings. The lowest BCUT2D eigenvalue weighted by Crippen LogP contribution is -2.29. The summed E-state index contributed by atoms with van der Waals surface area (Å²) in [4.78, 5) is 6.66. The molecule has 0 spiro atoms. The van der Waals surface area contributed by atoms with Gasteiger partial charge in [-0.15, -0.1) is 0 Å². The summed E-state index contributed by atoms with van der Waals surface area (Å²) in [5.74, 6) is 1.81. The lowest BCUT2D eigenvalue weighted by atomic mass is 10.0. The topological polar surface area (TPSA) is 25.4 Å². The Hall–Kier alpha value is -2.03. The molecule has 1 aromatic heterocycles. The standard InChI is InChI=1S/C16H18N2O/c1-3-12-5-4-6-13(9-12)14-10-15-16(17-11-14)18(2)7-8-19-15/h4-6,9-11H,3,7-8H2,1-2H3. The van der Waals surface area contributed by atoms with Gasteiger partial charge in [0.1, 0.15) is 6.61 Å². The van der Waals surface area contributed by atoms with Crippen molar-refractivity contribution in [3.63, 3.8) is 0 Å². The van der Waals surface area contributed by atoms with Gasteiger partial charge in [-0.25, -0.2) is 4.98 Å². The molecular weight excluding hydrogens is 236 g/mol. The van der Waals surface area contributed by atoms with E-state index >= 15 is 0 Å². The first kappa shape index (κ1) is 12.0. The third-order valence-electron chi connectivity index (χ3n) is 3.55. The van der Waals surface area contributed by atoms with Crippen molar-refractivity contribution < 1.29 is 4.74 Å². The van der Waals surface area contributed by atoms with Crippen LogP contribution in [0.5, 0.6) is 5.75 Å². The van der Waals surface area contributed by atoms with E-state index in [-0.39, 0.29) is 0 Å². The Balaban J connectivity index is 2.01. The number of fused-ring (bicyclic) bond motifs is 1. The maximum atomic E-state index is 5.71. The number of ether oxygens (including phenoxy) is 1. The number of hydrogen-bond acceptors (Lipinski definition) is 3. The predicted molar refractivity (Wildman–Crippen MR) is 77.8 cm³/mol. The quantitative estimate of drug-likeness (QED) is 0.823. The van der Waals surface area contributed by atoms with E-state index in [4.69, 9.17) is 4.74 Å². The molecule has 0 radical (unpaired) electrons. The minimum Gasteiger partial charge on any atom is -0.488 e. The second kappa shape index (κ2) is 4.92. The SMILES string of the molecule is CCc1cccc(-c2cnc3c(c2)OCCN3C)c1. The third kappa shape index (κ3) is 2.28. The molecule has 3 heteroatoms. The lowest BCUT2D eigenvalue weighted by molar-refractivity contribution is 0.309. The van der Waals surface area contributed by atoms with Gasteiger partial charge < -0.3 is 9.64 Å². The van der Waals surface area contributed by atoms with Crippen molar-refractivity contribution in [2.24, 2.45) is 0 Å². The number of aromatic nitrogens is 1. The zero-order valence-electron chi connectivity index (χ0n) is 11.4. The van der Waals surface area contributed by atoms with Crippen LogP contribution in [0.15, 0.2) is 36.5 Å². The summed E-state index contributed by atoms with van der Waals surface area (Å²) in [5, 5.41) is 0. The molecule has 0 aliphatic carbocycles. The van der Waals surface area contributed by atoms with Gasteiger partial charge in [-0.1, -0.05) is 31.2 Å². The van der Waals surface area contributed by atoms with Crippen LogP contribution in [-0.4, -0.2) is 25.2 Å². The third-order valence-corrected chi connectivity index (χ3v) is 3.55. The Morgan fingerprint density at radius 1 is 1.26 bits per heavy atom. The minimum absolute atomic E-state index is 0.726. The van der Waals surface area contributed by atoms with Gasteiger partial charge in [0.15, 0.2) is 11.6 Å². The summed E-state index contributed by atoms with van der Waals surface area (Å²) in [7, 11) is 2.05. The molecule has 0 fully saturated rings. The van der Waals surface area contributed by atoms with Gasteiger partial charge in [-0.05, 0) is 23.6 Å². The van der Waals surface area contributed by atoms with E-state index in [0.717, 1.165) is 36.7 Å². The molecule has 0 bridgehead atoms. The Kier molecular flexibility index (Phi) is 3.11. The summed E-state index contributed by atoms with van der Waals surface area (Å²) in [5.41, 5.74) is 3.66. The first-order chi connectivity index (χ1) is 9.28. The van der Waals surface area contributed by atoms with Crippen LogP contribution in [0.1, 0.15) is 12.5 Å². The number of nitrogens with zero attached hydrogens (tertiary/aromatic N) is 2. The van der Waals surface area contributed by atoms with Crippen molar-refractivity contribution in [3.05, 3.63) is 42.1 Å². The summed E-state index contributed by atoms with van der Waals surface area (Å²) in [6.45, 7) is 3.79. The molecule has 19 heavy (non-hydrogen) atoms. The summed E-state index contributed by atoms with van der Waals surface area (Å²) in [6.07, 6.45) is 2.98. The number of likely N-dealkylation sites (N-methyl/N-ethyl adjacent to an activating group) is 1. The van der Waals surface area contributed by atoms with Gasteiger partial charge >= 0.3 is 0 Å². The Labute approximate surface area is 113 Å². The number of hydrogen-bond donors (Lipinski definition) is 0. The van der Waals surface area contributed by atoms with Gasteiger partial charge in [-0.2, -0.15) is 0 Å². The number of pyridine rings is 1. The van der Waals surface area contributed by atoms with Gasteiger partial charge in [0.05, 0.1) is 6.54 Å². The van der Waals surface area contributed by atoms with Crippen LogP contribution in [0.25, 0.3) is 11.1 Å². The highest BCUT2D eigenvalue weighted by Crippen LogP contribution is 2.32. The molecule has 3 nitrogen and oxygen atoms in total. The van der Waals surface area contributed by atoms with E-state index < -0.39 is 0 Å². The smallest absolute Gasteiger partial charge is 0.171 e. The Morgan fingerprint density at radius 2 is 2.16 bits per heavy atom. The molecule has 0 saturated heterocycles. The Bertz CT molecular complexity index is 595. The number of anilines is 1. The van der Waals surface area contributed by atoms with Crippen LogP contribution in [0, 0.1) is 0 Å². The number of aryl methyl sites for hydroxylation is 1. The molecule has 0 saturated carbocycles. The van der Waals surface area contributed by atoms with Gasteiger partial charge in [0.25, 0.3) is 0 Å². The zero-order chi connectivity index (χ0) is 13.2. The van der Waals surface area contributed by atoms with Crippen LogP contribution < -0.4 is 9.64 Å². The molecular formula is C16H18N2O. The van der Waals surface area contributed by atoms with Crippen molar-refractivity contribution in [2.45, 2.75) is 13.3 Å². The molecule has 0 N–H and O–H groups in total. The van der Waals surface area contributed by atoms with Crippen LogP contribution >= 0.6 is 0 Å². The highest BCUT2D eigenvalue weighted by Gasteiger charge is 2.16. The molecule has 2 heterocycles. The largest absolute Gasteiger partial charge is 0.488 e.